The molecule has 5 amide bonds. The topological polar surface area (TPSA) is 137 Å². The Morgan fingerprint density at radius 3 is 2.21 bits per heavy atom. The number of ketones is 1. The first-order valence-electron chi connectivity index (χ1n) is 13.3. The molecule has 0 aliphatic carbocycles. The molecule has 0 spiro atoms. The molecule has 1 unspecified atom stereocenters. The molecule has 2 aliphatic heterocycles. The number of nitrogens with zero attached hydrogens (tertiary/aromatic N) is 3. The fraction of sp³-hybridized carbons (Fsp3) is 0.357. The standard InChI is InChI=1S/C28H31F3N6O4.2ClH/c1-16-23(17(2)38)25(18-14-20(29)24(31)21(30)15-18)37(28(41)34-16)27(40)33-8-5-9-35-10-12-36(13-11-35)22-7-4-3-6-19(22)26(32)39;;/h3-4,6-7,14-15,25H,5,8-13H2,1-2H3,(H2,32,39)(H,33,40)(H,34,41);2*1H. The number of halogens is 5. The van der Waals surface area contributed by atoms with Gasteiger partial charge in [0.15, 0.2) is 23.2 Å². The van der Waals surface area contributed by atoms with Crippen LogP contribution in [0.15, 0.2) is 47.7 Å². The maximum atomic E-state index is 14.1. The lowest BCUT2D eigenvalue weighted by Gasteiger charge is -2.36. The largest absolute Gasteiger partial charge is 1.00 e. The number of hydrogen-bond acceptors (Lipinski definition) is 6. The van der Waals surface area contributed by atoms with E-state index in [9.17, 15) is 32.3 Å². The van der Waals surface area contributed by atoms with Gasteiger partial charge in [0.2, 0.25) is 0 Å². The Hall–Kier alpha value is -3.49. The number of carbonyl (C=O) groups is 4. The number of primary amides is 3. The molecule has 0 aromatic heterocycles. The molecule has 0 bridgehead atoms. The van der Waals surface area contributed by atoms with Crippen LogP contribution in [0.4, 0.5) is 28.4 Å². The lowest BCUT2D eigenvalue weighted by molar-refractivity contribution is -0.569. The second-order valence-corrected chi connectivity index (χ2v) is 10.1. The van der Waals surface area contributed by atoms with E-state index in [0.717, 1.165) is 29.0 Å². The number of hydrogen-bond donors (Lipinski definition) is 3. The normalized spacial score (nSPS) is 17.3. The van der Waals surface area contributed by atoms with E-state index >= 15 is 0 Å². The minimum Gasteiger partial charge on any atom is -1.00 e. The highest BCUT2D eigenvalue weighted by molar-refractivity contribution is 5.99. The van der Waals surface area contributed by atoms with Gasteiger partial charge < -0.3 is 35.4 Å². The van der Waals surface area contributed by atoms with Gasteiger partial charge in [-0.1, -0.05) is 12.1 Å². The molecule has 234 valence electrons. The van der Waals surface area contributed by atoms with Crippen LogP contribution in [0.3, 0.4) is 0 Å². The Bertz CT molecular complexity index is 1400. The summed E-state index contributed by atoms with van der Waals surface area (Å²) in [5, 5.41) is 2.44. The van der Waals surface area contributed by atoms with Gasteiger partial charge >= 0.3 is 12.1 Å². The van der Waals surface area contributed by atoms with Gasteiger partial charge in [0.25, 0.3) is 5.91 Å². The first-order valence-corrected chi connectivity index (χ1v) is 13.3. The highest BCUT2D eigenvalue weighted by atomic mass is 35.5. The Labute approximate surface area is 259 Å². The molecule has 10 nitrogen and oxygen atoms in total. The van der Waals surface area contributed by atoms with Crippen LogP contribution >= 0.6 is 0 Å². The van der Waals surface area contributed by atoms with Crippen LogP contribution in [-0.2, 0) is 4.79 Å². The summed E-state index contributed by atoms with van der Waals surface area (Å²) in [6.45, 7) is 6.55. The Morgan fingerprint density at radius 1 is 1.02 bits per heavy atom. The van der Waals surface area contributed by atoms with Crippen LogP contribution in [0.25, 0.3) is 0 Å². The number of urea groups is 2. The second-order valence-electron chi connectivity index (χ2n) is 10.1. The number of amides is 5. The molecule has 6 N–H and O–H groups in total. The van der Waals surface area contributed by atoms with Crippen molar-refractivity contribution >= 4 is 29.4 Å². The molecular weight excluding hydrogens is 612 g/mol. The Kier molecular flexibility index (Phi) is 12.7. The predicted octanol–water partition coefficient (Wildman–Crippen LogP) is -4.99. The number of quaternary nitrogens is 2. The summed E-state index contributed by atoms with van der Waals surface area (Å²) in [4.78, 5) is 55.5. The number of nitrogens with two attached hydrogens (primary N) is 3. The third kappa shape index (κ3) is 7.92. The predicted molar refractivity (Wildman–Crippen MR) is 142 cm³/mol. The maximum Gasteiger partial charge on any atom is 0.432 e. The molecule has 2 heterocycles. The molecule has 1 atom stereocenters. The highest BCUT2D eigenvalue weighted by Crippen LogP contribution is 2.33. The summed E-state index contributed by atoms with van der Waals surface area (Å²) < 4.78 is 41.8. The van der Waals surface area contributed by atoms with E-state index in [4.69, 9.17) is 5.73 Å². The average molecular weight is 646 g/mol. The van der Waals surface area contributed by atoms with Crippen LogP contribution in [-0.4, -0.2) is 72.8 Å². The van der Waals surface area contributed by atoms with E-state index in [-0.39, 0.29) is 41.6 Å². The number of anilines is 1. The van der Waals surface area contributed by atoms with Crippen LogP contribution in [0.2, 0.25) is 0 Å². The molecule has 0 radical (unpaired) electrons. The first-order chi connectivity index (χ1) is 19.5. The molecule has 15 heteroatoms. The van der Waals surface area contributed by atoms with E-state index in [2.05, 4.69) is 9.80 Å². The van der Waals surface area contributed by atoms with Crippen molar-refractivity contribution in [2.45, 2.75) is 26.3 Å². The number of piperazine rings is 1. The van der Waals surface area contributed by atoms with Crippen molar-refractivity contribution in [2.75, 3.05) is 44.2 Å². The molecule has 1 fully saturated rings. The molecule has 2 aromatic rings. The van der Waals surface area contributed by atoms with Gasteiger partial charge in [0.05, 0.1) is 17.7 Å². The summed E-state index contributed by atoms with van der Waals surface area (Å²) in [6.07, 6.45) is 0.592. The molecule has 4 rings (SSSR count). The van der Waals surface area contributed by atoms with Crippen LogP contribution in [0.5, 0.6) is 0 Å². The van der Waals surface area contributed by atoms with Crippen molar-refractivity contribution < 1.29 is 67.8 Å². The molecule has 2 aliphatic rings. The molecular formula is C28H33Cl2F3N6O4. The zero-order valence-corrected chi connectivity index (χ0v) is 25.1. The van der Waals surface area contributed by atoms with Crippen LogP contribution < -0.4 is 46.1 Å². The summed E-state index contributed by atoms with van der Waals surface area (Å²) in [6, 6.07) is 5.73. The van der Waals surface area contributed by atoms with E-state index in [1.165, 1.54) is 19.2 Å². The minimum absolute atomic E-state index is 0. The van der Waals surface area contributed by atoms with E-state index in [1.54, 1.807) is 12.1 Å². The lowest BCUT2D eigenvalue weighted by Crippen LogP contribution is -3.00. The molecule has 1 saturated heterocycles. The number of para-hydroxylation sites is 1. The van der Waals surface area contributed by atoms with Crippen molar-refractivity contribution in [1.29, 1.82) is 0 Å². The van der Waals surface area contributed by atoms with Gasteiger partial charge in [0.1, 0.15) is 11.7 Å². The Morgan fingerprint density at radius 2 is 1.63 bits per heavy atom. The summed E-state index contributed by atoms with van der Waals surface area (Å²) >= 11 is 0. The maximum absolute atomic E-state index is 14.1. The smallest absolute Gasteiger partial charge is 0.432 e. The van der Waals surface area contributed by atoms with Gasteiger partial charge in [0, 0.05) is 51.8 Å². The zero-order chi connectivity index (χ0) is 29.8. The number of rotatable bonds is 8. The number of imide groups is 1. The monoisotopic (exact) mass is 644 g/mol. The number of Topliss-reactive ketones (excluding diaryl/α,β-unsaturated/α-hetero) is 1. The average Bonchev–Trinajstić information content (AvgIpc) is 2.93. The van der Waals surface area contributed by atoms with Gasteiger partial charge in [-0.25, -0.2) is 28.1 Å². The van der Waals surface area contributed by atoms with Gasteiger partial charge in [-0.05, 0) is 36.8 Å². The lowest BCUT2D eigenvalue weighted by atomic mass is 9.91. The highest BCUT2D eigenvalue weighted by Gasteiger charge is 2.45. The summed E-state index contributed by atoms with van der Waals surface area (Å²) in [7, 11) is 0. The van der Waals surface area contributed by atoms with Crippen molar-refractivity contribution in [3.05, 3.63) is 76.2 Å². The number of allylic oxidation sites excluding steroid dienone is 1. The minimum atomic E-state index is -1.69. The van der Waals surface area contributed by atoms with Gasteiger partial charge in [-0.2, -0.15) is 4.90 Å². The number of benzene rings is 2. The van der Waals surface area contributed by atoms with Crippen LogP contribution in [0.1, 0.15) is 42.2 Å². The van der Waals surface area contributed by atoms with Crippen molar-refractivity contribution in [3.63, 3.8) is 0 Å². The van der Waals surface area contributed by atoms with E-state index < -0.39 is 47.2 Å². The van der Waals surface area contributed by atoms with E-state index in [1.807, 2.05) is 12.1 Å². The third-order valence-corrected chi connectivity index (χ3v) is 7.35. The molecule has 0 saturated carbocycles. The van der Waals surface area contributed by atoms with Crippen molar-refractivity contribution in [3.8, 4) is 0 Å². The Balaban J connectivity index is 0.00000323. The quantitative estimate of drug-likeness (QED) is 0.195. The summed E-state index contributed by atoms with van der Waals surface area (Å²) in [5.74, 6) is -5.63. The SMILES string of the molecule is CC(=O)C1=C(C)[NH2+]C(=O)N(C(=O)[NH2+]CCCN2CCN(c3ccccc3C(N)=O)CC2)C1c1cc(F)c(F)c(F)c1.[Cl-].[Cl-]. The zero-order valence-electron chi connectivity index (χ0n) is 23.6. The fourth-order valence-electron chi connectivity index (χ4n) is 5.37. The molecule has 2 aromatic carbocycles. The molecule has 43 heavy (non-hydrogen) atoms. The fourth-order valence-corrected chi connectivity index (χ4v) is 5.37. The van der Waals surface area contributed by atoms with Crippen molar-refractivity contribution in [1.82, 2.24) is 9.80 Å². The second kappa shape index (κ2) is 15.3. The third-order valence-electron chi connectivity index (χ3n) is 7.35. The van der Waals surface area contributed by atoms with Crippen LogP contribution in [0, 0.1) is 17.5 Å². The van der Waals surface area contributed by atoms with Crippen molar-refractivity contribution in [2.24, 2.45) is 5.73 Å². The first kappa shape index (κ1) is 35.7. The van der Waals surface area contributed by atoms with Gasteiger partial charge in [-0.3, -0.25) is 19.8 Å². The number of carbonyl (C=O) groups excluding carboxylic acids is 4. The van der Waals surface area contributed by atoms with Gasteiger partial charge in [-0.15, -0.1) is 0 Å². The summed E-state index contributed by atoms with van der Waals surface area (Å²) in [5.41, 5.74) is 6.84. The van der Waals surface area contributed by atoms with E-state index in [0.29, 0.717) is 50.3 Å².